The Bertz CT molecular complexity index is 403. The highest BCUT2D eigenvalue weighted by Crippen LogP contribution is 2.35. The largest absolute Gasteiger partial charge is 0.494 e. The molecule has 0 spiro atoms. The lowest BCUT2D eigenvalue weighted by Gasteiger charge is -2.32. The highest BCUT2D eigenvalue weighted by atomic mass is 79.9. The van der Waals surface area contributed by atoms with E-state index < -0.39 is 0 Å². The average molecular weight is 396 g/mol. The Morgan fingerprint density at radius 1 is 1.26 bits per heavy atom. The van der Waals surface area contributed by atoms with Gasteiger partial charge in [0.2, 0.25) is 0 Å². The van der Waals surface area contributed by atoms with Crippen molar-refractivity contribution in [3.05, 3.63) is 29.6 Å². The maximum absolute atomic E-state index is 13.7. The monoisotopic (exact) mass is 394 g/mol. The Labute approximate surface area is 132 Å². The minimum Gasteiger partial charge on any atom is -0.494 e. The van der Waals surface area contributed by atoms with Gasteiger partial charge in [0.25, 0.3) is 0 Å². The van der Waals surface area contributed by atoms with Crippen LogP contribution in [0.5, 0.6) is 5.75 Å². The standard InChI is InChI=1S/C15H21Br2FO/c1-11(2)7-15(9-16,10-17)8-12-4-5-14(19-3)13(18)6-12/h4-6,11H,7-10H2,1-3H3. The molecule has 0 fully saturated rings. The van der Waals surface area contributed by atoms with E-state index in [2.05, 4.69) is 45.7 Å². The first kappa shape index (κ1) is 17.0. The zero-order valence-corrected chi connectivity index (χ0v) is 14.9. The summed E-state index contributed by atoms with van der Waals surface area (Å²) in [5.74, 6) is 0.622. The molecule has 1 aromatic rings. The van der Waals surface area contributed by atoms with Gasteiger partial charge in [-0.05, 0) is 41.9 Å². The van der Waals surface area contributed by atoms with Gasteiger partial charge >= 0.3 is 0 Å². The van der Waals surface area contributed by atoms with Crippen LogP contribution in [0.4, 0.5) is 4.39 Å². The highest BCUT2D eigenvalue weighted by Gasteiger charge is 2.29. The van der Waals surface area contributed by atoms with Crippen molar-refractivity contribution in [1.29, 1.82) is 0 Å². The van der Waals surface area contributed by atoms with E-state index in [0.717, 1.165) is 29.1 Å². The summed E-state index contributed by atoms with van der Waals surface area (Å²) in [6.07, 6.45) is 1.94. The lowest BCUT2D eigenvalue weighted by Crippen LogP contribution is -2.29. The van der Waals surface area contributed by atoms with Crippen molar-refractivity contribution < 1.29 is 9.13 Å². The summed E-state index contributed by atoms with van der Waals surface area (Å²) in [7, 11) is 1.48. The Hall–Kier alpha value is -0.0900. The molecule has 0 N–H and O–H groups in total. The average Bonchev–Trinajstić information content (AvgIpc) is 2.37. The van der Waals surface area contributed by atoms with Crippen LogP contribution in [0.2, 0.25) is 0 Å². The van der Waals surface area contributed by atoms with E-state index in [0.29, 0.717) is 11.7 Å². The topological polar surface area (TPSA) is 9.23 Å². The minimum atomic E-state index is -0.289. The lowest BCUT2D eigenvalue weighted by atomic mass is 9.79. The van der Waals surface area contributed by atoms with Gasteiger partial charge in [-0.15, -0.1) is 0 Å². The van der Waals surface area contributed by atoms with Crippen molar-refractivity contribution in [2.45, 2.75) is 26.7 Å². The van der Waals surface area contributed by atoms with Gasteiger partial charge in [-0.3, -0.25) is 0 Å². The minimum absolute atomic E-state index is 0.120. The van der Waals surface area contributed by atoms with Crippen molar-refractivity contribution >= 4 is 31.9 Å². The molecule has 19 heavy (non-hydrogen) atoms. The molecule has 108 valence electrons. The molecule has 0 aliphatic carbocycles. The number of halogens is 3. The molecule has 1 nitrogen and oxygen atoms in total. The van der Waals surface area contributed by atoms with Crippen molar-refractivity contribution in [3.8, 4) is 5.75 Å². The summed E-state index contributed by atoms with van der Waals surface area (Å²) in [6.45, 7) is 4.43. The third-order valence-electron chi connectivity index (χ3n) is 3.20. The molecule has 0 saturated carbocycles. The van der Waals surface area contributed by atoms with E-state index in [1.54, 1.807) is 12.1 Å². The fourth-order valence-electron chi connectivity index (χ4n) is 2.43. The number of hydrogen-bond acceptors (Lipinski definition) is 1. The second-order valence-electron chi connectivity index (χ2n) is 5.51. The van der Waals surface area contributed by atoms with Gasteiger partial charge in [0.1, 0.15) is 0 Å². The summed E-state index contributed by atoms with van der Waals surface area (Å²) < 4.78 is 18.7. The number of hydrogen-bond donors (Lipinski definition) is 0. The van der Waals surface area contributed by atoms with Crippen LogP contribution in [0.25, 0.3) is 0 Å². The van der Waals surface area contributed by atoms with Crippen LogP contribution in [-0.4, -0.2) is 17.8 Å². The molecule has 0 bridgehead atoms. The highest BCUT2D eigenvalue weighted by molar-refractivity contribution is 9.09. The predicted octanol–water partition coefficient (Wildman–Crippen LogP) is 5.20. The summed E-state index contributed by atoms with van der Waals surface area (Å²) in [4.78, 5) is 0. The summed E-state index contributed by atoms with van der Waals surface area (Å²) in [5.41, 5.74) is 1.13. The van der Waals surface area contributed by atoms with Crippen LogP contribution < -0.4 is 4.74 Å². The van der Waals surface area contributed by atoms with Crippen molar-refractivity contribution in [1.82, 2.24) is 0 Å². The van der Waals surface area contributed by atoms with Gasteiger partial charge in [0.05, 0.1) is 7.11 Å². The summed E-state index contributed by atoms with van der Waals surface area (Å²) >= 11 is 7.23. The molecule has 4 heteroatoms. The maximum atomic E-state index is 13.7. The fourth-order valence-corrected chi connectivity index (χ4v) is 4.21. The van der Waals surface area contributed by atoms with Crippen LogP contribution in [-0.2, 0) is 6.42 Å². The molecule has 0 amide bonds. The fraction of sp³-hybridized carbons (Fsp3) is 0.600. The quantitative estimate of drug-likeness (QED) is 0.576. The normalized spacial score (nSPS) is 11.9. The van der Waals surface area contributed by atoms with E-state index in [-0.39, 0.29) is 11.2 Å². The third kappa shape index (κ3) is 4.75. The first-order valence-corrected chi connectivity index (χ1v) is 8.65. The van der Waals surface area contributed by atoms with Gasteiger partial charge in [0, 0.05) is 10.7 Å². The molecular weight excluding hydrogens is 375 g/mol. The van der Waals surface area contributed by atoms with Crippen LogP contribution in [0.3, 0.4) is 0 Å². The first-order valence-electron chi connectivity index (χ1n) is 6.40. The third-order valence-corrected chi connectivity index (χ3v) is 5.58. The van der Waals surface area contributed by atoms with Gasteiger partial charge in [-0.2, -0.15) is 0 Å². The molecule has 0 heterocycles. The SMILES string of the molecule is COc1ccc(CC(CBr)(CBr)CC(C)C)cc1F. The van der Waals surface area contributed by atoms with Crippen LogP contribution >= 0.6 is 31.9 Å². The van der Waals surface area contributed by atoms with Crippen LogP contribution in [0, 0.1) is 17.2 Å². The van der Waals surface area contributed by atoms with Crippen molar-refractivity contribution in [2.24, 2.45) is 11.3 Å². The van der Waals surface area contributed by atoms with Crippen molar-refractivity contribution in [2.75, 3.05) is 17.8 Å². The predicted molar refractivity (Wildman–Crippen MR) is 86.1 cm³/mol. The molecule has 0 saturated heterocycles. The molecule has 0 aliphatic heterocycles. The number of alkyl halides is 2. The number of methoxy groups -OCH3 is 1. The maximum Gasteiger partial charge on any atom is 0.165 e. The van der Waals surface area contributed by atoms with Gasteiger partial charge < -0.3 is 4.74 Å². The number of ether oxygens (including phenoxy) is 1. The summed E-state index contributed by atoms with van der Waals surface area (Å²) in [5, 5.41) is 1.80. The molecule has 1 rings (SSSR count). The van der Waals surface area contributed by atoms with E-state index in [4.69, 9.17) is 4.74 Å². The van der Waals surface area contributed by atoms with Gasteiger partial charge in [0.15, 0.2) is 11.6 Å². The molecule has 0 aromatic heterocycles. The second kappa shape index (κ2) is 7.63. The molecule has 0 atom stereocenters. The van der Waals surface area contributed by atoms with Gasteiger partial charge in [-0.1, -0.05) is 51.8 Å². The number of benzene rings is 1. The summed E-state index contributed by atoms with van der Waals surface area (Å²) in [6, 6.07) is 5.23. The smallest absolute Gasteiger partial charge is 0.165 e. The van der Waals surface area contributed by atoms with E-state index in [1.807, 2.05) is 6.07 Å². The lowest BCUT2D eigenvalue weighted by molar-refractivity contribution is 0.303. The molecular formula is C15H21Br2FO. The zero-order chi connectivity index (χ0) is 14.5. The van der Waals surface area contributed by atoms with Crippen molar-refractivity contribution in [3.63, 3.8) is 0 Å². The zero-order valence-electron chi connectivity index (χ0n) is 11.7. The van der Waals surface area contributed by atoms with E-state index in [1.165, 1.54) is 7.11 Å². The van der Waals surface area contributed by atoms with Crippen LogP contribution in [0.15, 0.2) is 18.2 Å². The van der Waals surface area contributed by atoms with Gasteiger partial charge in [-0.25, -0.2) is 4.39 Å². The Kier molecular flexibility index (Phi) is 6.81. The Morgan fingerprint density at radius 3 is 2.32 bits per heavy atom. The first-order chi connectivity index (χ1) is 8.96. The Morgan fingerprint density at radius 2 is 1.89 bits per heavy atom. The molecule has 0 aliphatic rings. The molecule has 0 unspecified atom stereocenters. The molecule has 0 radical (unpaired) electrons. The van der Waals surface area contributed by atoms with E-state index in [9.17, 15) is 4.39 Å². The van der Waals surface area contributed by atoms with Crippen LogP contribution in [0.1, 0.15) is 25.8 Å². The molecule has 1 aromatic carbocycles. The Balaban J connectivity index is 2.93. The van der Waals surface area contributed by atoms with E-state index >= 15 is 0 Å². The second-order valence-corrected chi connectivity index (χ2v) is 6.63. The number of rotatable bonds is 7.